The molecule has 7 heteroatoms. The quantitative estimate of drug-likeness (QED) is 0.288. The van der Waals surface area contributed by atoms with Gasteiger partial charge in [-0.1, -0.05) is 66.8 Å². The number of aryl methyl sites for hydroxylation is 1. The van der Waals surface area contributed by atoms with Crippen LogP contribution in [0.1, 0.15) is 36.4 Å². The third kappa shape index (κ3) is 6.02. The maximum Gasteiger partial charge on any atom is 0.228 e. The normalized spacial score (nSPS) is 12.1. The minimum absolute atomic E-state index is 0.0194. The molecule has 1 heterocycles. The number of nitrogens with one attached hydrogen (secondary N) is 1. The van der Waals surface area contributed by atoms with E-state index in [0.29, 0.717) is 11.6 Å². The summed E-state index contributed by atoms with van der Waals surface area (Å²) in [7, 11) is 0. The predicted molar refractivity (Wildman–Crippen MR) is 130 cm³/mol. The van der Waals surface area contributed by atoms with Crippen molar-refractivity contribution in [1.29, 1.82) is 0 Å². The monoisotopic (exact) mass is 433 g/mol. The van der Waals surface area contributed by atoms with Crippen molar-refractivity contribution in [1.82, 2.24) is 10.3 Å². The molecule has 6 nitrogen and oxygen atoms in total. The molecule has 0 spiro atoms. The maximum absolute atomic E-state index is 12.6. The van der Waals surface area contributed by atoms with Crippen molar-refractivity contribution in [3.8, 4) is 0 Å². The number of benzene rings is 2. The average molecular weight is 434 g/mol. The molecule has 3 aromatic rings. The van der Waals surface area contributed by atoms with E-state index in [1.165, 1.54) is 11.3 Å². The molecule has 0 bridgehead atoms. The van der Waals surface area contributed by atoms with Gasteiger partial charge in [-0.05, 0) is 48.3 Å². The zero-order valence-electron chi connectivity index (χ0n) is 18.0. The van der Waals surface area contributed by atoms with Crippen molar-refractivity contribution in [3.63, 3.8) is 0 Å². The SMILES string of the molecule is CC/C=C(\C=C(/C)NC(=O)Cc1ccc2ccccc2c1)c1sc(N=C(N)N)nc1C. The third-order valence-corrected chi connectivity index (χ3v) is 5.68. The summed E-state index contributed by atoms with van der Waals surface area (Å²) in [5.74, 6) is -0.0731. The number of rotatable bonds is 7. The second kappa shape index (κ2) is 10.0. The van der Waals surface area contributed by atoms with Gasteiger partial charge in [0.05, 0.1) is 17.0 Å². The topological polar surface area (TPSA) is 106 Å². The summed E-state index contributed by atoms with van der Waals surface area (Å²) >= 11 is 1.42. The minimum atomic E-state index is -0.0536. The summed E-state index contributed by atoms with van der Waals surface area (Å²) in [6.07, 6.45) is 5.22. The molecule has 1 amide bonds. The molecule has 1 aromatic heterocycles. The number of aromatic nitrogens is 1. The van der Waals surface area contributed by atoms with Crippen LogP contribution in [0.2, 0.25) is 0 Å². The van der Waals surface area contributed by atoms with Gasteiger partial charge in [-0.2, -0.15) is 4.99 Å². The summed E-state index contributed by atoms with van der Waals surface area (Å²) in [5, 5.41) is 5.80. The fourth-order valence-corrected chi connectivity index (χ4v) is 4.28. The van der Waals surface area contributed by atoms with E-state index in [1.807, 2.05) is 44.2 Å². The molecule has 0 unspecified atom stereocenters. The summed E-state index contributed by atoms with van der Waals surface area (Å²) < 4.78 is 0. The lowest BCUT2D eigenvalue weighted by atomic mass is 10.0. The first kappa shape index (κ1) is 22.2. The van der Waals surface area contributed by atoms with Crippen LogP contribution in [0.25, 0.3) is 16.3 Å². The Morgan fingerprint density at radius 2 is 1.94 bits per heavy atom. The minimum Gasteiger partial charge on any atom is -0.370 e. The standard InChI is InChI=1S/C24H27N5OS/c1-4-7-20(22-16(3)28-24(31-22)29-23(25)26)12-15(2)27-21(30)14-17-10-11-18-8-5-6-9-19(18)13-17/h5-13H,4,14H2,1-3H3,(H,27,30)(H4,25,26,28,29)/b15-12+,20-7+. The van der Waals surface area contributed by atoms with Gasteiger partial charge in [-0.15, -0.1) is 0 Å². The Bertz CT molecular complexity index is 1190. The lowest BCUT2D eigenvalue weighted by Gasteiger charge is -2.08. The van der Waals surface area contributed by atoms with Crippen molar-refractivity contribution in [2.75, 3.05) is 0 Å². The van der Waals surface area contributed by atoms with Gasteiger partial charge in [0, 0.05) is 5.70 Å². The Morgan fingerprint density at radius 3 is 2.65 bits per heavy atom. The van der Waals surface area contributed by atoms with E-state index in [1.54, 1.807) is 0 Å². The molecule has 2 aromatic carbocycles. The number of nitrogens with two attached hydrogens (primary N) is 2. The Balaban J connectivity index is 1.74. The van der Waals surface area contributed by atoms with Crippen molar-refractivity contribution < 1.29 is 4.79 Å². The number of hydrogen-bond acceptors (Lipinski definition) is 4. The average Bonchev–Trinajstić information content (AvgIpc) is 3.06. The number of aliphatic imine (C=N–C) groups is 1. The molecular weight excluding hydrogens is 406 g/mol. The number of guanidine groups is 1. The molecule has 160 valence electrons. The molecular formula is C24H27N5OS. The summed E-state index contributed by atoms with van der Waals surface area (Å²) in [6.45, 7) is 5.87. The number of thiazole rings is 1. The number of amides is 1. The lowest BCUT2D eigenvalue weighted by Crippen LogP contribution is -2.23. The van der Waals surface area contributed by atoms with Crippen LogP contribution in [0.4, 0.5) is 5.13 Å². The van der Waals surface area contributed by atoms with Crippen LogP contribution in [0.5, 0.6) is 0 Å². The van der Waals surface area contributed by atoms with Crippen LogP contribution >= 0.6 is 11.3 Å². The van der Waals surface area contributed by atoms with Crippen molar-refractivity contribution >= 4 is 44.7 Å². The third-order valence-electron chi connectivity index (χ3n) is 4.58. The fraction of sp³-hybridized carbons (Fsp3) is 0.208. The van der Waals surface area contributed by atoms with E-state index in [2.05, 4.69) is 46.5 Å². The molecule has 0 atom stereocenters. The zero-order chi connectivity index (χ0) is 22.4. The lowest BCUT2D eigenvalue weighted by molar-refractivity contribution is -0.119. The number of hydrogen-bond donors (Lipinski definition) is 3. The highest BCUT2D eigenvalue weighted by atomic mass is 32.1. The Hall–Kier alpha value is -3.45. The molecule has 0 saturated heterocycles. The number of carbonyl (C=O) groups is 1. The molecule has 0 radical (unpaired) electrons. The largest absolute Gasteiger partial charge is 0.370 e. The van der Waals surface area contributed by atoms with Crippen LogP contribution in [-0.4, -0.2) is 16.9 Å². The van der Waals surface area contributed by atoms with E-state index in [-0.39, 0.29) is 11.9 Å². The number of fused-ring (bicyclic) bond motifs is 1. The van der Waals surface area contributed by atoms with Crippen molar-refractivity contribution in [2.45, 2.75) is 33.6 Å². The summed E-state index contributed by atoms with van der Waals surface area (Å²) in [5.41, 5.74) is 14.5. The van der Waals surface area contributed by atoms with Gasteiger partial charge in [-0.25, -0.2) is 4.98 Å². The van der Waals surface area contributed by atoms with Gasteiger partial charge in [0.25, 0.3) is 0 Å². The highest BCUT2D eigenvalue weighted by Gasteiger charge is 2.12. The number of allylic oxidation sites excluding steroid dienone is 4. The van der Waals surface area contributed by atoms with Gasteiger partial charge in [0.2, 0.25) is 11.0 Å². The van der Waals surface area contributed by atoms with E-state index >= 15 is 0 Å². The molecule has 31 heavy (non-hydrogen) atoms. The maximum atomic E-state index is 12.6. The number of nitrogens with zero attached hydrogens (tertiary/aromatic N) is 2. The van der Waals surface area contributed by atoms with Gasteiger partial charge in [0.15, 0.2) is 5.96 Å². The van der Waals surface area contributed by atoms with E-state index in [9.17, 15) is 4.79 Å². The highest BCUT2D eigenvalue weighted by Crippen LogP contribution is 2.32. The molecule has 3 rings (SSSR count). The molecule has 0 aliphatic heterocycles. The first-order valence-corrected chi connectivity index (χ1v) is 10.9. The van der Waals surface area contributed by atoms with Crippen LogP contribution in [0.3, 0.4) is 0 Å². The predicted octanol–water partition coefficient (Wildman–Crippen LogP) is 4.57. The highest BCUT2D eigenvalue weighted by molar-refractivity contribution is 7.16. The Kier molecular flexibility index (Phi) is 7.20. The molecule has 0 aliphatic rings. The van der Waals surface area contributed by atoms with Gasteiger partial charge >= 0.3 is 0 Å². The smallest absolute Gasteiger partial charge is 0.228 e. The van der Waals surface area contributed by atoms with E-state index in [0.717, 1.165) is 44.6 Å². The van der Waals surface area contributed by atoms with Crippen LogP contribution < -0.4 is 16.8 Å². The molecule has 0 aliphatic carbocycles. The van der Waals surface area contributed by atoms with E-state index in [4.69, 9.17) is 11.5 Å². The first-order chi connectivity index (χ1) is 14.9. The van der Waals surface area contributed by atoms with Crippen molar-refractivity contribution in [2.24, 2.45) is 16.5 Å². The van der Waals surface area contributed by atoms with Crippen LogP contribution in [-0.2, 0) is 11.2 Å². The molecule has 5 N–H and O–H groups in total. The second-order valence-corrected chi connectivity index (χ2v) is 8.23. The van der Waals surface area contributed by atoms with Crippen molar-refractivity contribution in [3.05, 3.63) is 76.4 Å². The van der Waals surface area contributed by atoms with E-state index < -0.39 is 0 Å². The van der Waals surface area contributed by atoms with Crippen LogP contribution in [0, 0.1) is 6.92 Å². The first-order valence-electron chi connectivity index (χ1n) is 10.1. The summed E-state index contributed by atoms with van der Waals surface area (Å²) in [6, 6.07) is 14.2. The Morgan fingerprint density at radius 1 is 1.19 bits per heavy atom. The Labute approximate surface area is 186 Å². The fourth-order valence-electron chi connectivity index (χ4n) is 3.31. The number of carbonyl (C=O) groups excluding carboxylic acids is 1. The molecule has 0 fully saturated rings. The van der Waals surface area contributed by atoms with Crippen LogP contribution in [0.15, 0.2) is 65.3 Å². The summed E-state index contributed by atoms with van der Waals surface area (Å²) in [4.78, 5) is 22.0. The zero-order valence-corrected chi connectivity index (χ0v) is 18.8. The van der Waals surface area contributed by atoms with Gasteiger partial charge < -0.3 is 16.8 Å². The second-order valence-electron chi connectivity index (χ2n) is 7.25. The molecule has 0 saturated carbocycles. The van der Waals surface area contributed by atoms with Gasteiger partial charge in [0.1, 0.15) is 0 Å². The van der Waals surface area contributed by atoms with Gasteiger partial charge in [-0.3, -0.25) is 4.79 Å².